The van der Waals surface area contributed by atoms with Gasteiger partial charge < -0.3 is 30.4 Å². The number of carbonyl (C=O) groups excluding carboxylic acids is 2. The summed E-state index contributed by atoms with van der Waals surface area (Å²) in [6, 6.07) is 14.6. The molecule has 11 nitrogen and oxygen atoms in total. The summed E-state index contributed by atoms with van der Waals surface area (Å²) in [7, 11) is -4.03. The molecule has 1 saturated carbocycles. The number of amides is 2. The van der Waals surface area contributed by atoms with Crippen LogP contribution in [0.25, 0.3) is 6.08 Å². The van der Waals surface area contributed by atoms with E-state index in [4.69, 9.17) is 19.9 Å². The molecule has 5 rings (SSSR count). The van der Waals surface area contributed by atoms with Crippen LogP contribution >= 0.6 is 0 Å². The van der Waals surface area contributed by atoms with Crippen molar-refractivity contribution in [3.8, 4) is 0 Å². The van der Waals surface area contributed by atoms with Crippen molar-refractivity contribution in [2.45, 2.75) is 69.2 Å². The van der Waals surface area contributed by atoms with Gasteiger partial charge in [0.05, 0.1) is 29.8 Å². The largest absolute Gasteiger partial charge is 0.443 e. The van der Waals surface area contributed by atoms with Gasteiger partial charge in [-0.05, 0) is 54.0 Å². The minimum absolute atomic E-state index is 0.0140. The molecule has 4 N–H and O–H groups in total. The molecule has 1 aliphatic carbocycles. The van der Waals surface area contributed by atoms with Crippen molar-refractivity contribution in [1.29, 1.82) is 0 Å². The van der Waals surface area contributed by atoms with Crippen molar-refractivity contribution >= 4 is 28.1 Å². The molecule has 3 aliphatic rings. The molecule has 12 heteroatoms. The van der Waals surface area contributed by atoms with Crippen molar-refractivity contribution in [2.24, 2.45) is 29.4 Å². The molecule has 0 radical (unpaired) electrons. The molecule has 2 aromatic carbocycles. The van der Waals surface area contributed by atoms with Crippen molar-refractivity contribution in [3.05, 3.63) is 71.8 Å². The lowest BCUT2D eigenvalue weighted by molar-refractivity contribution is -0.167. The Balaban J connectivity index is 1.33. The van der Waals surface area contributed by atoms with Crippen LogP contribution in [-0.2, 0) is 35.4 Å². The Morgan fingerprint density at radius 2 is 1.82 bits per heavy atom. The fraction of sp³-hybridized carbons (Fsp3) is 0.515. The molecule has 2 heterocycles. The molecule has 0 aromatic heterocycles. The van der Waals surface area contributed by atoms with E-state index in [1.807, 2.05) is 44.2 Å². The van der Waals surface area contributed by atoms with E-state index in [1.54, 1.807) is 12.1 Å². The van der Waals surface area contributed by atoms with Gasteiger partial charge in [0.15, 0.2) is 6.29 Å². The lowest BCUT2D eigenvalue weighted by Gasteiger charge is -2.42. The highest BCUT2D eigenvalue weighted by molar-refractivity contribution is 7.89. The van der Waals surface area contributed by atoms with Gasteiger partial charge in [-0.15, -0.1) is 0 Å². The highest BCUT2D eigenvalue weighted by Gasteiger charge is 2.57. The molecule has 2 aromatic rings. The number of nitrogens with one attached hydrogen (secondary N) is 1. The molecule has 2 aliphatic heterocycles. The van der Waals surface area contributed by atoms with Crippen LogP contribution in [0.2, 0.25) is 0 Å². The fourth-order valence-corrected chi connectivity index (χ4v) is 8.23. The summed E-state index contributed by atoms with van der Waals surface area (Å²) in [5.41, 5.74) is 6.63. The second-order valence-corrected chi connectivity index (χ2v) is 14.6. The number of sulfonamides is 1. The van der Waals surface area contributed by atoms with E-state index in [0.717, 1.165) is 12.0 Å². The molecule has 3 fully saturated rings. The monoisotopic (exact) mass is 641 g/mol. The summed E-state index contributed by atoms with van der Waals surface area (Å²) in [5.74, 6) is -0.0623. The van der Waals surface area contributed by atoms with Crippen LogP contribution in [0.15, 0.2) is 65.6 Å². The second-order valence-electron chi connectivity index (χ2n) is 12.7. The fourth-order valence-electron chi connectivity index (χ4n) is 6.61. The zero-order valence-corrected chi connectivity index (χ0v) is 26.6. The maximum absolute atomic E-state index is 13.8. The molecular formula is C33H43N3O8S. The number of alkyl carbamates (subject to hydrolysis) is 1. The number of nitrogens with zero attached hydrogens (tertiary/aromatic N) is 1. The molecule has 2 saturated heterocycles. The van der Waals surface area contributed by atoms with Crippen LogP contribution < -0.4 is 11.1 Å². The van der Waals surface area contributed by atoms with E-state index in [-0.39, 0.29) is 54.6 Å². The number of rotatable bonds is 13. The van der Waals surface area contributed by atoms with Gasteiger partial charge in [-0.3, -0.25) is 4.79 Å². The van der Waals surface area contributed by atoms with Crippen molar-refractivity contribution in [1.82, 2.24) is 9.62 Å². The first-order valence-corrected chi connectivity index (χ1v) is 16.9. The van der Waals surface area contributed by atoms with Crippen LogP contribution in [-0.4, -0.2) is 80.2 Å². The number of nitrogens with two attached hydrogens (primary N) is 1. The van der Waals surface area contributed by atoms with E-state index in [1.165, 1.54) is 28.6 Å². The number of ether oxygens (including phenoxy) is 3. The third kappa shape index (κ3) is 7.75. The Kier molecular flexibility index (Phi) is 10.3. The number of carbonyl (C=O) groups is 2. The lowest BCUT2D eigenvalue weighted by atomic mass is 9.70. The van der Waals surface area contributed by atoms with E-state index in [9.17, 15) is 23.1 Å². The molecule has 244 valence electrons. The first-order chi connectivity index (χ1) is 21.4. The number of fused-ring (bicyclic) bond motifs is 2. The van der Waals surface area contributed by atoms with Gasteiger partial charge >= 0.3 is 6.09 Å². The number of primary amides is 1. The summed E-state index contributed by atoms with van der Waals surface area (Å²) in [5, 5.41) is 14.4. The van der Waals surface area contributed by atoms with Crippen LogP contribution in [0.1, 0.15) is 38.3 Å². The SMILES string of the molecule is CC(C)CN(C[C@@H](O)[C@H](Cc1ccccc1)NC(=O)OC1C2CC3C(OCC1[C@@H]3C)O2)S(=O)(=O)c1ccc(/C=C/C(N)=O)cc1. The zero-order chi connectivity index (χ0) is 32.3. The average Bonchev–Trinajstić information content (AvgIpc) is 3.32. The minimum atomic E-state index is -4.03. The Hall–Kier alpha value is -3.29. The number of hydrogen-bond acceptors (Lipinski definition) is 8. The van der Waals surface area contributed by atoms with Gasteiger partial charge in [0.1, 0.15) is 6.10 Å². The van der Waals surface area contributed by atoms with E-state index in [2.05, 4.69) is 12.2 Å². The lowest BCUT2D eigenvalue weighted by Crippen LogP contribution is -2.54. The molecule has 5 unspecified atom stereocenters. The van der Waals surface area contributed by atoms with E-state index >= 15 is 0 Å². The van der Waals surface area contributed by atoms with Gasteiger partial charge in [-0.25, -0.2) is 13.2 Å². The molecule has 2 amide bonds. The first-order valence-electron chi connectivity index (χ1n) is 15.5. The highest BCUT2D eigenvalue weighted by Crippen LogP contribution is 2.49. The number of aliphatic hydroxyl groups excluding tert-OH is 1. The molecule has 45 heavy (non-hydrogen) atoms. The predicted molar refractivity (Wildman–Crippen MR) is 167 cm³/mol. The Morgan fingerprint density at radius 3 is 2.49 bits per heavy atom. The standard InChI is InChI=1S/C33H43N3O8S/c1-20(2)17-36(45(40,41)24-12-9-22(10-13-24)11-14-30(34)38)18-28(37)27(15-23-7-5-4-6-8-23)35-33(39)44-31-26-19-42-32-25(21(26)3)16-29(31)43-32/h4-14,20-21,25-29,31-32,37H,15-19H2,1-3H3,(H2,34,38)(H,35,39)/b14-11+/t21-,25?,26?,27+,28-,29?,31?,32?/m1/s1. The summed E-state index contributed by atoms with van der Waals surface area (Å²) < 4.78 is 46.7. The average molecular weight is 642 g/mol. The van der Waals surface area contributed by atoms with Crippen molar-refractivity contribution in [2.75, 3.05) is 19.7 Å². The molecule has 8 atom stereocenters. The third-order valence-electron chi connectivity index (χ3n) is 8.98. The summed E-state index contributed by atoms with van der Waals surface area (Å²) in [6.07, 6.45) is 0.779. The van der Waals surface area contributed by atoms with Gasteiger partial charge in [-0.2, -0.15) is 4.31 Å². The highest BCUT2D eigenvalue weighted by atomic mass is 32.2. The van der Waals surface area contributed by atoms with Crippen LogP contribution in [0.3, 0.4) is 0 Å². The number of benzene rings is 2. The third-order valence-corrected chi connectivity index (χ3v) is 10.8. The Bertz CT molecular complexity index is 1460. The molecule has 3 bridgehead atoms. The normalized spacial score (nSPS) is 27.2. The minimum Gasteiger partial charge on any atom is -0.443 e. The van der Waals surface area contributed by atoms with E-state index < -0.39 is 40.3 Å². The summed E-state index contributed by atoms with van der Waals surface area (Å²) >= 11 is 0. The second kappa shape index (κ2) is 14.0. The number of aliphatic hydroxyl groups is 1. The van der Waals surface area contributed by atoms with Crippen molar-refractivity contribution < 1.29 is 37.3 Å². The molecular weight excluding hydrogens is 598 g/mol. The van der Waals surface area contributed by atoms with Crippen LogP contribution in [0.4, 0.5) is 4.79 Å². The van der Waals surface area contributed by atoms with Gasteiger partial charge in [0.2, 0.25) is 15.9 Å². The van der Waals surface area contributed by atoms with Gasteiger partial charge in [0.25, 0.3) is 0 Å². The first kappa shape index (κ1) is 33.1. The number of hydrogen-bond donors (Lipinski definition) is 3. The van der Waals surface area contributed by atoms with E-state index in [0.29, 0.717) is 18.1 Å². The molecule has 0 spiro atoms. The van der Waals surface area contributed by atoms with Crippen molar-refractivity contribution in [3.63, 3.8) is 0 Å². The van der Waals surface area contributed by atoms with Crippen LogP contribution in [0.5, 0.6) is 0 Å². The zero-order valence-electron chi connectivity index (χ0n) is 25.8. The predicted octanol–water partition coefficient (Wildman–Crippen LogP) is 2.93. The summed E-state index contributed by atoms with van der Waals surface area (Å²) in [6.45, 7) is 6.27. The smallest absolute Gasteiger partial charge is 0.407 e. The van der Waals surface area contributed by atoms with Gasteiger partial charge in [-0.1, -0.05) is 63.2 Å². The quantitative estimate of drug-likeness (QED) is 0.282. The van der Waals surface area contributed by atoms with Crippen LogP contribution in [0, 0.1) is 23.7 Å². The Morgan fingerprint density at radius 1 is 1.11 bits per heavy atom. The topological polar surface area (TPSA) is 157 Å². The maximum atomic E-state index is 13.8. The summed E-state index contributed by atoms with van der Waals surface area (Å²) in [4.78, 5) is 24.5. The Labute approximate surface area is 264 Å². The maximum Gasteiger partial charge on any atom is 0.407 e. The van der Waals surface area contributed by atoms with Gasteiger partial charge in [0, 0.05) is 31.0 Å².